The summed E-state index contributed by atoms with van der Waals surface area (Å²) in [7, 11) is 0. The molecule has 3 nitrogen and oxygen atoms in total. The number of aliphatic carboxylic acids is 1. The standard InChI is InChI=1S/C8H5Br2F2NO2/c9-3-1-5(8(11)12)13-4(7(3)10)2-6(14)15/h1,8H,2H2,(H,14,15). The fraction of sp³-hybridized carbons (Fsp3) is 0.250. The Balaban J connectivity index is 3.18. The van der Waals surface area contributed by atoms with Gasteiger partial charge in [0.15, 0.2) is 0 Å². The Hall–Kier alpha value is -0.560. The van der Waals surface area contributed by atoms with Gasteiger partial charge in [-0.25, -0.2) is 13.8 Å². The SMILES string of the molecule is O=C(O)Cc1nc(C(F)F)cc(Br)c1Br. The number of aromatic nitrogens is 1. The molecule has 0 atom stereocenters. The van der Waals surface area contributed by atoms with E-state index in [4.69, 9.17) is 5.11 Å². The summed E-state index contributed by atoms with van der Waals surface area (Å²) in [5.41, 5.74) is -0.367. The van der Waals surface area contributed by atoms with Gasteiger partial charge in [0.25, 0.3) is 6.43 Å². The minimum Gasteiger partial charge on any atom is -0.481 e. The number of carboxylic acid groups (broad SMARTS) is 1. The van der Waals surface area contributed by atoms with Crippen molar-refractivity contribution in [3.8, 4) is 0 Å². The molecule has 0 aliphatic rings. The van der Waals surface area contributed by atoms with Crippen molar-refractivity contribution >= 4 is 37.8 Å². The summed E-state index contributed by atoms with van der Waals surface area (Å²) in [5, 5.41) is 8.55. The number of nitrogens with zero attached hydrogens (tertiary/aromatic N) is 1. The molecule has 0 radical (unpaired) electrons. The topological polar surface area (TPSA) is 50.2 Å². The number of alkyl halides is 2. The molecule has 0 saturated heterocycles. The lowest BCUT2D eigenvalue weighted by molar-refractivity contribution is -0.136. The number of hydrogen-bond donors (Lipinski definition) is 1. The van der Waals surface area contributed by atoms with Gasteiger partial charge in [-0.05, 0) is 37.9 Å². The predicted molar refractivity (Wildman–Crippen MR) is 55.9 cm³/mol. The minimum atomic E-state index is -2.72. The van der Waals surface area contributed by atoms with E-state index in [-0.39, 0.29) is 5.69 Å². The molecule has 0 aromatic carbocycles. The van der Waals surface area contributed by atoms with E-state index in [9.17, 15) is 13.6 Å². The Morgan fingerprint density at radius 1 is 1.53 bits per heavy atom. The molecule has 15 heavy (non-hydrogen) atoms. The summed E-state index contributed by atoms with van der Waals surface area (Å²) in [6.07, 6.45) is -3.12. The van der Waals surface area contributed by atoms with Crippen molar-refractivity contribution in [3.63, 3.8) is 0 Å². The molecule has 0 aliphatic carbocycles. The Morgan fingerprint density at radius 2 is 2.13 bits per heavy atom. The van der Waals surface area contributed by atoms with Crippen LogP contribution >= 0.6 is 31.9 Å². The van der Waals surface area contributed by atoms with E-state index in [0.717, 1.165) is 6.07 Å². The molecule has 0 fully saturated rings. The van der Waals surface area contributed by atoms with Crippen LogP contribution in [0.2, 0.25) is 0 Å². The monoisotopic (exact) mass is 343 g/mol. The summed E-state index contributed by atoms with van der Waals surface area (Å²) >= 11 is 6.12. The van der Waals surface area contributed by atoms with Crippen LogP contribution in [0.1, 0.15) is 17.8 Å². The zero-order valence-corrected chi connectivity index (χ0v) is 10.3. The summed E-state index contributed by atoms with van der Waals surface area (Å²) < 4.78 is 25.4. The van der Waals surface area contributed by atoms with Crippen LogP contribution < -0.4 is 0 Å². The second-order valence-electron chi connectivity index (χ2n) is 2.66. The van der Waals surface area contributed by atoms with E-state index in [2.05, 4.69) is 36.8 Å². The first-order chi connectivity index (χ1) is 6.91. The van der Waals surface area contributed by atoms with Crippen LogP contribution in [-0.2, 0) is 11.2 Å². The predicted octanol–water partition coefficient (Wildman–Crippen LogP) is 3.17. The van der Waals surface area contributed by atoms with E-state index < -0.39 is 24.5 Å². The first-order valence-electron chi connectivity index (χ1n) is 3.76. The van der Waals surface area contributed by atoms with Gasteiger partial charge in [0, 0.05) is 4.47 Å². The van der Waals surface area contributed by atoms with Crippen molar-refractivity contribution in [2.75, 3.05) is 0 Å². The number of carboxylic acids is 1. The van der Waals surface area contributed by atoms with Crippen LogP contribution in [0.5, 0.6) is 0 Å². The molecule has 0 saturated carbocycles. The highest BCUT2D eigenvalue weighted by Gasteiger charge is 2.16. The van der Waals surface area contributed by atoms with Crippen LogP contribution in [0.15, 0.2) is 15.0 Å². The molecule has 82 valence electrons. The minimum absolute atomic E-state index is 0.0761. The summed E-state index contributed by atoms with van der Waals surface area (Å²) in [4.78, 5) is 14.0. The van der Waals surface area contributed by atoms with Crippen LogP contribution in [-0.4, -0.2) is 16.1 Å². The lowest BCUT2D eigenvalue weighted by atomic mass is 10.2. The second kappa shape index (κ2) is 4.98. The average molecular weight is 345 g/mol. The molecular formula is C8H5Br2F2NO2. The molecule has 0 amide bonds. The van der Waals surface area contributed by atoms with Gasteiger partial charge >= 0.3 is 5.97 Å². The summed E-state index contributed by atoms with van der Waals surface area (Å²) in [6.45, 7) is 0. The van der Waals surface area contributed by atoms with Gasteiger partial charge in [0.2, 0.25) is 0 Å². The molecule has 0 unspecified atom stereocenters. The molecule has 1 aromatic rings. The molecule has 0 bridgehead atoms. The van der Waals surface area contributed by atoms with Gasteiger partial charge in [-0.2, -0.15) is 0 Å². The number of rotatable bonds is 3. The number of pyridine rings is 1. The van der Waals surface area contributed by atoms with Crippen LogP contribution in [0, 0.1) is 0 Å². The molecular weight excluding hydrogens is 340 g/mol. The Kier molecular flexibility index (Phi) is 4.15. The highest BCUT2D eigenvalue weighted by Crippen LogP contribution is 2.30. The van der Waals surface area contributed by atoms with Gasteiger partial charge in [0.1, 0.15) is 5.69 Å². The zero-order chi connectivity index (χ0) is 11.6. The molecule has 7 heteroatoms. The van der Waals surface area contributed by atoms with Crippen molar-refractivity contribution in [1.82, 2.24) is 4.98 Å². The maximum absolute atomic E-state index is 12.4. The molecule has 1 aromatic heterocycles. The first-order valence-corrected chi connectivity index (χ1v) is 5.35. The van der Waals surface area contributed by atoms with E-state index >= 15 is 0 Å². The summed E-state index contributed by atoms with van der Waals surface area (Å²) in [6, 6.07) is 1.15. The van der Waals surface area contributed by atoms with Gasteiger partial charge in [0.05, 0.1) is 16.6 Å². The van der Waals surface area contributed by atoms with Crippen LogP contribution in [0.25, 0.3) is 0 Å². The number of carbonyl (C=O) groups is 1. The molecule has 0 spiro atoms. The van der Waals surface area contributed by atoms with Crippen molar-refractivity contribution in [2.45, 2.75) is 12.8 Å². The van der Waals surface area contributed by atoms with Gasteiger partial charge in [-0.1, -0.05) is 0 Å². The zero-order valence-electron chi connectivity index (χ0n) is 7.18. The lowest BCUT2D eigenvalue weighted by Crippen LogP contribution is -2.06. The molecule has 1 N–H and O–H groups in total. The van der Waals surface area contributed by atoms with E-state index in [1.165, 1.54) is 0 Å². The molecule has 1 rings (SSSR count). The van der Waals surface area contributed by atoms with Gasteiger partial charge < -0.3 is 5.11 Å². The number of hydrogen-bond acceptors (Lipinski definition) is 2. The van der Waals surface area contributed by atoms with E-state index in [1.807, 2.05) is 0 Å². The quantitative estimate of drug-likeness (QED) is 0.916. The van der Waals surface area contributed by atoms with Crippen molar-refractivity contribution in [3.05, 3.63) is 26.4 Å². The number of halogens is 4. The molecule has 0 aliphatic heterocycles. The average Bonchev–Trinajstić information content (AvgIpc) is 2.11. The van der Waals surface area contributed by atoms with Gasteiger partial charge in [-0.15, -0.1) is 0 Å². The maximum Gasteiger partial charge on any atom is 0.309 e. The van der Waals surface area contributed by atoms with Crippen LogP contribution in [0.4, 0.5) is 8.78 Å². The highest BCUT2D eigenvalue weighted by atomic mass is 79.9. The van der Waals surface area contributed by atoms with Gasteiger partial charge in [-0.3, -0.25) is 4.79 Å². The van der Waals surface area contributed by atoms with Crippen molar-refractivity contribution in [2.24, 2.45) is 0 Å². The Morgan fingerprint density at radius 3 is 2.60 bits per heavy atom. The summed E-state index contributed by atoms with van der Waals surface area (Å²) in [5.74, 6) is -1.12. The Labute approximate surface area is 101 Å². The third kappa shape index (κ3) is 3.20. The van der Waals surface area contributed by atoms with Crippen molar-refractivity contribution in [1.29, 1.82) is 0 Å². The normalized spacial score (nSPS) is 10.7. The van der Waals surface area contributed by atoms with Crippen LogP contribution in [0.3, 0.4) is 0 Å². The smallest absolute Gasteiger partial charge is 0.309 e. The maximum atomic E-state index is 12.4. The second-order valence-corrected chi connectivity index (χ2v) is 4.31. The molecule has 1 heterocycles. The largest absolute Gasteiger partial charge is 0.481 e. The third-order valence-electron chi connectivity index (χ3n) is 1.54. The lowest BCUT2D eigenvalue weighted by Gasteiger charge is -2.06. The van der Waals surface area contributed by atoms with E-state index in [1.54, 1.807) is 0 Å². The van der Waals surface area contributed by atoms with E-state index in [0.29, 0.717) is 8.95 Å². The van der Waals surface area contributed by atoms with Crippen molar-refractivity contribution < 1.29 is 18.7 Å². The Bertz CT molecular complexity index is 398. The fourth-order valence-corrected chi connectivity index (χ4v) is 1.75. The first kappa shape index (κ1) is 12.5. The third-order valence-corrected chi connectivity index (χ3v) is 3.59. The fourth-order valence-electron chi connectivity index (χ4n) is 0.940. The highest BCUT2D eigenvalue weighted by molar-refractivity contribution is 9.13.